The molecule has 2 rings (SSSR count). The normalized spacial score (nSPS) is 11.0. The van der Waals surface area contributed by atoms with Crippen LogP contribution in [0.1, 0.15) is 6.92 Å². The third kappa shape index (κ3) is 3.30. The first-order valence-corrected chi connectivity index (χ1v) is 6.89. The highest BCUT2D eigenvalue weighted by Crippen LogP contribution is 2.25. The standard InChI is InChI=1S/C15H22N4O/c1-4-19-11-13(12-7-5-6-8-14(12)19)17-15(20)16-9-10-18(2)3/h5-8,11H,4,9-10H2,1-3H3,(H2,16,17,20). The fourth-order valence-corrected chi connectivity index (χ4v) is 2.17. The van der Waals surface area contributed by atoms with E-state index in [0.717, 1.165) is 29.7 Å². The predicted octanol–water partition coefficient (Wildman–Crippen LogP) is 2.34. The van der Waals surface area contributed by atoms with Crippen LogP contribution in [0.5, 0.6) is 0 Å². The summed E-state index contributed by atoms with van der Waals surface area (Å²) in [6, 6.07) is 7.92. The van der Waals surface area contributed by atoms with Gasteiger partial charge in [0.25, 0.3) is 0 Å². The van der Waals surface area contributed by atoms with E-state index in [-0.39, 0.29) is 6.03 Å². The predicted molar refractivity (Wildman–Crippen MR) is 83.2 cm³/mol. The van der Waals surface area contributed by atoms with Crippen molar-refractivity contribution in [2.24, 2.45) is 0 Å². The number of likely N-dealkylation sites (N-methyl/N-ethyl adjacent to an activating group) is 1. The average Bonchev–Trinajstić information content (AvgIpc) is 2.77. The first-order chi connectivity index (χ1) is 9.61. The molecule has 0 radical (unpaired) electrons. The summed E-state index contributed by atoms with van der Waals surface area (Å²) in [5.74, 6) is 0. The van der Waals surface area contributed by atoms with Gasteiger partial charge >= 0.3 is 6.03 Å². The number of aromatic nitrogens is 1. The minimum atomic E-state index is -0.161. The summed E-state index contributed by atoms with van der Waals surface area (Å²) in [7, 11) is 3.96. The molecule has 0 saturated carbocycles. The lowest BCUT2D eigenvalue weighted by Crippen LogP contribution is -2.34. The first kappa shape index (κ1) is 14.4. The molecule has 5 nitrogen and oxygen atoms in total. The zero-order valence-corrected chi connectivity index (χ0v) is 12.3. The smallest absolute Gasteiger partial charge is 0.319 e. The van der Waals surface area contributed by atoms with Crippen molar-refractivity contribution in [1.82, 2.24) is 14.8 Å². The molecule has 0 aliphatic heterocycles. The van der Waals surface area contributed by atoms with Crippen molar-refractivity contribution in [1.29, 1.82) is 0 Å². The summed E-state index contributed by atoms with van der Waals surface area (Å²) >= 11 is 0. The lowest BCUT2D eigenvalue weighted by atomic mass is 10.2. The largest absolute Gasteiger partial charge is 0.346 e. The quantitative estimate of drug-likeness (QED) is 0.879. The number of para-hydroxylation sites is 1. The minimum Gasteiger partial charge on any atom is -0.346 e. The van der Waals surface area contributed by atoms with Crippen LogP contribution in [0.4, 0.5) is 10.5 Å². The maximum Gasteiger partial charge on any atom is 0.319 e. The van der Waals surface area contributed by atoms with Crippen molar-refractivity contribution < 1.29 is 4.79 Å². The summed E-state index contributed by atoms with van der Waals surface area (Å²) in [5, 5.41) is 6.84. The number of rotatable bonds is 5. The van der Waals surface area contributed by atoms with Crippen molar-refractivity contribution in [2.45, 2.75) is 13.5 Å². The summed E-state index contributed by atoms with van der Waals surface area (Å²) in [6.45, 7) is 4.42. The van der Waals surface area contributed by atoms with Crippen molar-refractivity contribution in [3.63, 3.8) is 0 Å². The van der Waals surface area contributed by atoms with Crippen LogP contribution >= 0.6 is 0 Å². The highest BCUT2D eigenvalue weighted by Gasteiger charge is 2.09. The van der Waals surface area contributed by atoms with Crippen LogP contribution in [-0.2, 0) is 6.54 Å². The molecular weight excluding hydrogens is 252 g/mol. The molecule has 0 aliphatic carbocycles. The Balaban J connectivity index is 2.08. The highest BCUT2D eigenvalue weighted by molar-refractivity contribution is 6.01. The van der Waals surface area contributed by atoms with Gasteiger partial charge < -0.3 is 20.1 Å². The van der Waals surface area contributed by atoms with Crippen LogP contribution in [0, 0.1) is 0 Å². The fourth-order valence-electron chi connectivity index (χ4n) is 2.17. The molecule has 5 heteroatoms. The third-order valence-electron chi connectivity index (χ3n) is 3.22. The first-order valence-electron chi connectivity index (χ1n) is 6.89. The Labute approximate surface area is 119 Å². The van der Waals surface area contributed by atoms with Gasteiger partial charge in [0.2, 0.25) is 0 Å². The molecule has 0 bridgehead atoms. The maximum atomic E-state index is 11.9. The Morgan fingerprint density at radius 3 is 2.75 bits per heavy atom. The van der Waals surface area contributed by atoms with Gasteiger partial charge in [-0.2, -0.15) is 0 Å². The molecule has 1 heterocycles. The monoisotopic (exact) mass is 274 g/mol. The summed E-state index contributed by atoms with van der Waals surface area (Å²) in [4.78, 5) is 13.9. The number of benzene rings is 1. The van der Waals surface area contributed by atoms with Crippen molar-refractivity contribution in [2.75, 3.05) is 32.5 Å². The fraction of sp³-hybridized carbons (Fsp3) is 0.400. The van der Waals surface area contributed by atoms with Crippen LogP contribution in [0.25, 0.3) is 10.9 Å². The van der Waals surface area contributed by atoms with E-state index < -0.39 is 0 Å². The molecule has 0 aliphatic rings. The molecule has 2 N–H and O–H groups in total. The van der Waals surface area contributed by atoms with Gasteiger partial charge in [-0.3, -0.25) is 0 Å². The molecule has 1 aromatic carbocycles. The van der Waals surface area contributed by atoms with Crippen molar-refractivity contribution >= 4 is 22.6 Å². The molecule has 0 saturated heterocycles. The van der Waals surface area contributed by atoms with Gasteiger partial charge in [-0.25, -0.2) is 4.79 Å². The zero-order chi connectivity index (χ0) is 14.5. The van der Waals surface area contributed by atoms with Gasteiger partial charge in [0.05, 0.1) is 11.2 Å². The van der Waals surface area contributed by atoms with E-state index in [1.807, 2.05) is 43.4 Å². The number of amides is 2. The molecule has 108 valence electrons. The van der Waals surface area contributed by atoms with Crippen LogP contribution in [0.3, 0.4) is 0 Å². The van der Waals surface area contributed by atoms with Crippen LogP contribution in [0.15, 0.2) is 30.5 Å². The van der Waals surface area contributed by atoms with E-state index in [9.17, 15) is 4.79 Å². The molecule has 2 aromatic rings. The van der Waals surface area contributed by atoms with E-state index in [1.54, 1.807) is 0 Å². The summed E-state index contributed by atoms with van der Waals surface area (Å²) in [6.07, 6.45) is 1.98. The average molecular weight is 274 g/mol. The highest BCUT2D eigenvalue weighted by atomic mass is 16.2. The molecule has 0 unspecified atom stereocenters. The number of nitrogens with one attached hydrogen (secondary N) is 2. The second kappa shape index (κ2) is 6.43. The molecular formula is C15H22N4O. The SMILES string of the molecule is CCn1cc(NC(=O)NCCN(C)C)c2ccccc21. The number of nitrogens with zero attached hydrogens (tertiary/aromatic N) is 2. The second-order valence-corrected chi connectivity index (χ2v) is 5.03. The summed E-state index contributed by atoms with van der Waals surface area (Å²) < 4.78 is 2.13. The van der Waals surface area contributed by atoms with Crippen molar-refractivity contribution in [3.8, 4) is 0 Å². The second-order valence-electron chi connectivity index (χ2n) is 5.03. The Kier molecular flexibility index (Phi) is 4.63. The maximum absolute atomic E-state index is 11.9. The number of aryl methyl sites for hydroxylation is 1. The number of carbonyl (C=O) groups excluding carboxylic acids is 1. The van der Waals surface area contributed by atoms with E-state index in [2.05, 4.69) is 28.2 Å². The van der Waals surface area contributed by atoms with Gasteiger partial charge in [-0.1, -0.05) is 18.2 Å². The summed E-state index contributed by atoms with van der Waals surface area (Å²) in [5.41, 5.74) is 1.99. The minimum absolute atomic E-state index is 0.161. The number of anilines is 1. The Morgan fingerprint density at radius 2 is 2.05 bits per heavy atom. The molecule has 2 amide bonds. The lowest BCUT2D eigenvalue weighted by Gasteiger charge is -2.10. The Morgan fingerprint density at radius 1 is 1.30 bits per heavy atom. The Bertz CT molecular complexity index is 589. The number of hydrogen-bond acceptors (Lipinski definition) is 2. The molecule has 0 fully saturated rings. The number of carbonyl (C=O) groups is 1. The van der Waals surface area contributed by atoms with Crippen LogP contribution in [0.2, 0.25) is 0 Å². The van der Waals surface area contributed by atoms with E-state index in [4.69, 9.17) is 0 Å². The van der Waals surface area contributed by atoms with E-state index >= 15 is 0 Å². The molecule has 0 spiro atoms. The topological polar surface area (TPSA) is 49.3 Å². The third-order valence-corrected chi connectivity index (χ3v) is 3.22. The lowest BCUT2D eigenvalue weighted by molar-refractivity contribution is 0.250. The number of urea groups is 1. The molecule has 20 heavy (non-hydrogen) atoms. The molecule has 1 aromatic heterocycles. The van der Waals surface area contributed by atoms with Crippen LogP contribution < -0.4 is 10.6 Å². The van der Waals surface area contributed by atoms with Gasteiger partial charge in [-0.15, -0.1) is 0 Å². The van der Waals surface area contributed by atoms with Gasteiger partial charge in [0, 0.05) is 31.2 Å². The Hall–Kier alpha value is -2.01. The van der Waals surface area contributed by atoms with Crippen molar-refractivity contribution in [3.05, 3.63) is 30.5 Å². The van der Waals surface area contributed by atoms with E-state index in [1.165, 1.54) is 0 Å². The molecule has 0 atom stereocenters. The van der Waals surface area contributed by atoms with Gasteiger partial charge in [0.1, 0.15) is 0 Å². The zero-order valence-electron chi connectivity index (χ0n) is 12.3. The number of fused-ring (bicyclic) bond motifs is 1. The van der Waals surface area contributed by atoms with Crippen LogP contribution in [-0.4, -0.2) is 42.7 Å². The van der Waals surface area contributed by atoms with E-state index in [0.29, 0.717) is 6.54 Å². The van der Waals surface area contributed by atoms with Gasteiger partial charge in [-0.05, 0) is 27.1 Å². The van der Waals surface area contributed by atoms with Gasteiger partial charge in [0.15, 0.2) is 0 Å². The number of hydrogen-bond donors (Lipinski definition) is 2.